The Hall–Kier alpha value is -2.16. The molecule has 2 aromatic carbocycles. The number of rotatable bonds is 2. The molecular formula is C16H14FNO. The fraction of sp³-hybridized carbons (Fsp3) is 0.188. The second-order valence-electron chi connectivity index (χ2n) is 4.83. The van der Waals surface area contributed by atoms with Gasteiger partial charge in [-0.1, -0.05) is 36.4 Å². The minimum Gasteiger partial charge on any atom is -0.349 e. The minimum atomic E-state index is -0.476. The standard InChI is InChI=1S/C16H14FNO/c17-15-8-4-3-7-14(15)16(19)18-13-9-11-5-1-2-6-12(11)10-13/h1-8,13H,9-10H2,(H,18,19). The zero-order valence-corrected chi connectivity index (χ0v) is 10.4. The zero-order chi connectivity index (χ0) is 13.2. The molecule has 3 rings (SSSR count). The second kappa shape index (κ2) is 4.84. The minimum absolute atomic E-state index is 0.0597. The van der Waals surface area contributed by atoms with Crippen molar-refractivity contribution in [1.29, 1.82) is 0 Å². The average Bonchev–Trinajstić information content (AvgIpc) is 2.81. The van der Waals surface area contributed by atoms with Gasteiger partial charge in [-0.3, -0.25) is 4.79 Å². The summed E-state index contributed by atoms with van der Waals surface area (Å²) < 4.78 is 13.5. The maximum absolute atomic E-state index is 13.5. The van der Waals surface area contributed by atoms with Crippen LogP contribution < -0.4 is 5.32 Å². The first-order valence-corrected chi connectivity index (χ1v) is 6.36. The Balaban J connectivity index is 1.71. The van der Waals surface area contributed by atoms with E-state index in [0.29, 0.717) is 0 Å². The number of hydrogen-bond acceptors (Lipinski definition) is 1. The Morgan fingerprint density at radius 1 is 1.00 bits per heavy atom. The molecule has 19 heavy (non-hydrogen) atoms. The maximum atomic E-state index is 13.5. The number of carbonyl (C=O) groups excluding carboxylic acids is 1. The Bertz CT molecular complexity index is 599. The van der Waals surface area contributed by atoms with E-state index in [4.69, 9.17) is 0 Å². The molecule has 3 heteroatoms. The lowest BCUT2D eigenvalue weighted by Gasteiger charge is -2.12. The van der Waals surface area contributed by atoms with Crippen LogP contribution in [0.1, 0.15) is 21.5 Å². The van der Waals surface area contributed by atoms with E-state index in [9.17, 15) is 9.18 Å². The molecule has 1 N–H and O–H groups in total. The van der Waals surface area contributed by atoms with Gasteiger partial charge in [0.15, 0.2) is 0 Å². The third-order valence-electron chi connectivity index (χ3n) is 3.50. The second-order valence-corrected chi connectivity index (χ2v) is 4.83. The highest BCUT2D eigenvalue weighted by molar-refractivity contribution is 5.94. The predicted octanol–water partition coefficient (Wildman–Crippen LogP) is 2.72. The lowest BCUT2D eigenvalue weighted by Crippen LogP contribution is -2.35. The summed E-state index contributed by atoms with van der Waals surface area (Å²) in [6.07, 6.45) is 1.63. The van der Waals surface area contributed by atoms with Crippen molar-refractivity contribution in [1.82, 2.24) is 5.32 Å². The molecule has 0 radical (unpaired) electrons. The van der Waals surface area contributed by atoms with Crippen LogP contribution in [0.4, 0.5) is 4.39 Å². The van der Waals surface area contributed by atoms with Gasteiger partial charge in [-0.05, 0) is 36.1 Å². The molecule has 0 saturated carbocycles. The van der Waals surface area contributed by atoms with Crippen LogP contribution in [-0.4, -0.2) is 11.9 Å². The largest absolute Gasteiger partial charge is 0.349 e. The summed E-state index contributed by atoms with van der Waals surface area (Å²) in [6, 6.07) is 14.3. The van der Waals surface area contributed by atoms with Crippen LogP contribution in [0.2, 0.25) is 0 Å². The van der Waals surface area contributed by atoms with Gasteiger partial charge in [0.05, 0.1) is 5.56 Å². The number of hydrogen-bond donors (Lipinski definition) is 1. The average molecular weight is 255 g/mol. The predicted molar refractivity (Wildman–Crippen MR) is 71.5 cm³/mol. The van der Waals surface area contributed by atoms with Gasteiger partial charge in [0.1, 0.15) is 5.82 Å². The number of benzene rings is 2. The molecule has 0 saturated heterocycles. The first kappa shape index (κ1) is 11.9. The molecule has 0 aliphatic heterocycles. The van der Waals surface area contributed by atoms with Gasteiger partial charge >= 0.3 is 0 Å². The molecule has 1 aliphatic rings. The molecule has 0 unspecified atom stereocenters. The van der Waals surface area contributed by atoms with E-state index >= 15 is 0 Å². The molecule has 0 fully saturated rings. The monoisotopic (exact) mass is 255 g/mol. The van der Waals surface area contributed by atoms with Crippen molar-refractivity contribution < 1.29 is 9.18 Å². The Morgan fingerprint density at radius 3 is 2.21 bits per heavy atom. The van der Waals surface area contributed by atoms with Gasteiger partial charge in [0.25, 0.3) is 5.91 Å². The van der Waals surface area contributed by atoms with Crippen LogP contribution in [0.25, 0.3) is 0 Å². The quantitative estimate of drug-likeness (QED) is 0.878. The number of halogens is 1. The first-order valence-electron chi connectivity index (χ1n) is 6.36. The van der Waals surface area contributed by atoms with E-state index < -0.39 is 5.82 Å². The van der Waals surface area contributed by atoms with Crippen molar-refractivity contribution >= 4 is 5.91 Å². The maximum Gasteiger partial charge on any atom is 0.254 e. The van der Waals surface area contributed by atoms with Gasteiger partial charge in [-0.25, -0.2) is 4.39 Å². The van der Waals surface area contributed by atoms with Crippen molar-refractivity contribution in [2.24, 2.45) is 0 Å². The normalized spacial score (nSPS) is 14.2. The van der Waals surface area contributed by atoms with Crippen LogP contribution in [0.5, 0.6) is 0 Å². The lowest BCUT2D eigenvalue weighted by atomic mass is 10.1. The highest BCUT2D eigenvalue weighted by atomic mass is 19.1. The third kappa shape index (κ3) is 2.36. The molecule has 0 bridgehead atoms. The Labute approximate surface area is 111 Å². The fourth-order valence-electron chi connectivity index (χ4n) is 2.57. The van der Waals surface area contributed by atoms with Crippen LogP contribution in [0.15, 0.2) is 48.5 Å². The van der Waals surface area contributed by atoms with E-state index in [1.54, 1.807) is 12.1 Å². The SMILES string of the molecule is O=C(NC1Cc2ccccc2C1)c1ccccc1F. The van der Waals surface area contributed by atoms with Gasteiger partial charge in [-0.15, -0.1) is 0 Å². The van der Waals surface area contributed by atoms with E-state index in [-0.39, 0.29) is 17.5 Å². The van der Waals surface area contributed by atoms with Crippen molar-refractivity contribution in [2.75, 3.05) is 0 Å². The molecular weight excluding hydrogens is 241 g/mol. The van der Waals surface area contributed by atoms with Crippen molar-refractivity contribution in [2.45, 2.75) is 18.9 Å². The van der Waals surface area contributed by atoms with E-state index in [1.807, 2.05) is 12.1 Å². The molecule has 0 aromatic heterocycles. The van der Waals surface area contributed by atoms with Crippen molar-refractivity contribution in [3.63, 3.8) is 0 Å². The Kier molecular flexibility index (Phi) is 3.03. The van der Waals surface area contributed by atoms with Gasteiger partial charge in [0.2, 0.25) is 0 Å². The summed E-state index contributed by atoms with van der Waals surface area (Å²) >= 11 is 0. The van der Waals surface area contributed by atoms with Crippen LogP contribution >= 0.6 is 0 Å². The highest BCUT2D eigenvalue weighted by Crippen LogP contribution is 2.22. The Morgan fingerprint density at radius 2 is 1.58 bits per heavy atom. The zero-order valence-electron chi connectivity index (χ0n) is 10.4. The number of carbonyl (C=O) groups is 1. The van der Waals surface area contributed by atoms with Gasteiger partial charge < -0.3 is 5.32 Å². The van der Waals surface area contributed by atoms with Crippen molar-refractivity contribution in [3.05, 3.63) is 71.0 Å². The van der Waals surface area contributed by atoms with E-state index in [2.05, 4.69) is 17.4 Å². The summed E-state index contributed by atoms with van der Waals surface area (Å²) in [7, 11) is 0. The molecule has 2 aromatic rings. The third-order valence-corrected chi connectivity index (χ3v) is 3.50. The molecule has 0 heterocycles. The summed E-state index contributed by atoms with van der Waals surface area (Å²) in [5, 5.41) is 2.90. The first-order chi connectivity index (χ1) is 9.24. The molecule has 1 amide bonds. The highest BCUT2D eigenvalue weighted by Gasteiger charge is 2.23. The molecule has 2 nitrogen and oxygen atoms in total. The lowest BCUT2D eigenvalue weighted by molar-refractivity contribution is 0.0934. The summed E-state index contributed by atoms with van der Waals surface area (Å²) in [5.74, 6) is -0.814. The van der Waals surface area contributed by atoms with Gasteiger partial charge in [0, 0.05) is 6.04 Å². The number of fused-ring (bicyclic) bond motifs is 1. The van der Waals surface area contributed by atoms with Crippen LogP contribution in [0.3, 0.4) is 0 Å². The molecule has 96 valence electrons. The molecule has 0 atom stereocenters. The smallest absolute Gasteiger partial charge is 0.254 e. The topological polar surface area (TPSA) is 29.1 Å². The van der Waals surface area contributed by atoms with Crippen LogP contribution in [0, 0.1) is 5.82 Å². The fourth-order valence-corrected chi connectivity index (χ4v) is 2.57. The van der Waals surface area contributed by atoms with Gasteiger partial charge in [-0.2, -0.15) is 0 Å². The molecule has 1 aliphatic carbocycles. The van der Waals surface area contributed by atoms with Crippen LogP contribution in [-0.2, 0) is 12.8 Å². The summed E-state index contributed by atoms with van der Waals surface area (Å²) in [4.78, 5) is 12.0. The van der Waals surface area contributed by atoms with E-state index in [0.717, 1.165) is 12.8 Å². The van der Waals surface area contributed by atoms with Crippen molar-refractivity contribution in [3.8, 4) is 0 Å². The summed E-state index contributed by atoms with van der Waals surface area (Å²) in [6.45, 7) is 0. The molecule has 0 spiro atoms. The van der Waals surface area contributed by atoms with E-state index in [1.165, 1.54) is 23.3 Å². The number of amides is 1. The summed E-state index contributed by atoms with van der Waals surface area (Å²) in [5.41, 5.74) is 2.64. The number of nitrogens with one attached hydrogen (secondary N) is 1.